The minimum atomic E-state index is -0.267. The van der Waals surface area contributed by atoms with E-state index in [-0.39, 0.29) is 11.7 Å². The number of pyridine rings is 1. The topological polar surface area (TPSA) is 42.0 Å². The second kappa shape index (κ2) is 6.13. The molecular weight excluding hydrogens is 323 g/mol. The lowest BCUT2D eigenvalue weighted by Gasteiger charge is -2.09. The average Bonchev–Trinajstić information content (AvgIpc) is 2.42. The lowest BCUT2D eigenvalue weighted by atomic mass is 10.1. The molecule has 0 bridgehead atoms. The molecule has 20 heavy (non-hydrogen) atoms. The van der Waals surface area contributed by atoms with Crippen molar-refractivity contribution in [1.29, 1.82) is 0 Å². The number of rotatable bonds is 3. The minimum Gasteiger partial charge on any atom is -0.347 e. The summed E-state index contributed by atoms with van der Waals surface area (Å²) in [6, 6.07) is 6.97. The van der Waals surface area contributed by atoms with Gasteiger partial charge in [-0.3, -0.25) is 4.79 Å². The summed E-state index contributed by atoms with van der Waals surface area (Å²) in [5.74, 6) is -0.468. The highest BCUT2D eigenvalue weighted by Gasteiger charge is 2.11. The molecule has 1 aromatic heterocycles. The van der Waals surface area contributed by atoms with E-state index in [1.807, 2.05) is 0 Å². The van der Waals surface area contributed by atoms with Crippen LogP contribution in [0.1, 0.15) is 27.2 Å². The number of amides is 1. The van der Waals surface area contributed by atoms with Gasteiger partial charge in [0.25, 0.3) is 5.91 Å². The monoisotopic (exact) mass is 336 g/mol. The molecule has 0 saturated carbocycles. The van der Waals surface area contributed by atoms with Crippen LogP contribution in [0.15, 0.2) is 34.9 Å². The molecule has 0 spiro atoms. The van der Waals surface area contributed by atoms with Gasteiger partial charge < -0.3 is 5.32 Å². The van der Waals surface area contributed by atoms with Crippen molar-refractivity contribution < 1.29 is 9.18 Å². The normalized spacial score (nSPS) is 10.4. The maximum absolute atomic E-state index is 13.5. The van der Waals surface area contributed by atoms with Gasteiger partial charge in [0, 0.05) is 17.2 Å². The van der Waals surface area contributed by atoms with Gasteiger partial charge in [-0.15, -0.1) is 0 Å². The Labute approximate surface area is 125 Å². The van der Waals surface area contributed by atoms with Crippen LogP contribution >= 0.6 is 15.9 Å². The van der Waals surface area contributed by atoms with Crippen LogP contribution in [0.2, 0.25) is 0 Å². The predicted octanol–water partition coefficient (Wildman–Crippen LogP) is 3.53. The average molecular weight is 337 g/mol. The summed E-state index contributed by atoms with van der Waals surface area (Å²) < 4.78 is 14.2. The Hall–Kier alpha value is -1.75. The molecule has 1 amide bonds. The number of aryl methyl sites for hydroxylation is 2. The fourth-order valence-electron chi connectivity index (χ4n) is 1.96. The van der Waals surface area contributed by atoms with Gasteiger partial charge in [0.2, 0.25) is 0 Å². The fraction of sp³-hybridized carbons (Fsp3) is 0.200. The van der Waals surface area contributed by atoms with Crippen molar-refractivity contribution in [2.24, 2.45) is 0 Å². The third-order valence-electron chi connectivity index (χ3n) is 2.92. The molecule has 1 heterocycles. The largest absolute Gasteiger partial charge is 0.347 e. The molecule has 0 fully saturated rings. The molecule has 2 aromatic rings. The molecule has 5 heteroatoms. The first-order valence-corrected chi connectivity index (χ1v) is 6.92. The Morgan fingerprint density at radius 3 is 2.60 bits per heavy atom. The van der Waals surface area contributed by atoms with E-state index in [0.717, 1.165) is 5.56 Å². The molecule has 1 aromatic carbocycles. The number of aromatic nitrogens is 1. The van der Waals surface area contributed by atoms with Crippen molar-refractivity contribution >= 4 is 21.8 Å². The highest BCUT2D eigenvalue weighted by atomic mass is 79.9. The Bertz CT molecular complexity index is 635. The zero-order valence-electron chi connectivity index (χ0n) is 11.2. The molecule has 0 radical (unpaired) electrons. The van der Waals surface area contributed by atoms with E-state index in [0.29, 0.717) is 27.8 Å². The van der Waals surface area contributed by atoms with Gasteiger partial charge in [-0.05, 0) is 58.6 Å². The molecule has 0 aliphatic heterocycles. The molecule has 0 saturated heterocycles. The van der Waals surface area contributed by atoms with Crippen molar-refractivity contribution in [3.8, 4) is 0 Å². The Balaban J connectivity index is 2.10. The van der Waals surface area contributed by atoms with Crippen molar-refractivity contribution in [1.82, 2.24) is 10.3 Å². The van der Waals surface area contributed by atoms with Crippen LogP contribution in [0.5, 0.6) is 0 Å². The van der Waals surface area contributed by atoms with Crippen molar-refractivity contribution in [3.63, 3.8) is 0 Å². The Kier molecular flexibility index (Phi) is 4.49. The third kappa shape index (κ3) is 3.22. The van der Waals surface area contributed by atoms with Crippen LogP contribution < -0.4 is 5.32 Å². The standard InChI is InChI=1S/C15H14BrFN2O/c1-9-6-11(7-10(2)13(9)17)8-19-15(20)14-12(16)4-3-5-18-14/h3-7H,8H2,1-2H3,(H,19,20). The number of hydrogen-bond acceptors (Lipinski definition) is 2. The zero-order valence-corrected chi connectivity index (χ0v) is 12.8. The van der Waals surface area contributed by atoms with Gasteiger partial charge in [0.15, 0.2) is 0 Å². The number of carbonyl (C=O) groups is 1. The number of nitrogens with zero attached hydrogens (tertiary/aromatic N) is 1. The fourth-order valence-corrected chi connectivity index (χ4v) is 2.39. The van der Waals surface area contributed by atoms with E-state index in [4.69, 9.17) is 0 Å². The lowest BCUT2D eigenvalue weighted by molar-refractivity contribution is 0.0945. The Morgan fingerprint density at radius 2 is 2.00 bits per heavy atom. The molecule has 3 nitrogen and oxygen atoms in total. The summed E-state index contributed by atoms with van der Waals surface area (Å²) in [5, 5.41) is 2.78. The summed E-state index contributed by atoms with van der Waals surface area (Å²) in [6.07, 6.45) is 1.56. The molecule has 1 N–H and O–H groups in total. The van der Waals surface area contributed by atoms with Gasteiger partial charge in [-0.1, -0.05) is 12.1 Å². The van der Waals surface area contributed by atoms with Gasteiger partial charge >= 0.3 is 0 Å². The number of carbonyl (C=O) groups excluding carboxylic acids is 1. The molecule has 0 unspecified atom stereocenters. The second-order valence-corrected chi connectivity index (χ2v) is 5.41. The highest BCUT2D eigenvalue weighted by molar-refractivity contribution is 9.10. The number of halogens is 2. The van der Waals surface area contributed by atoms with Crippen LogP contribution in [0.4, 0.5) is 4.39 Å². The van der Waals surface area contributed by atoms with E-state index in [2.05, 4.69) is 26.2 Å². The summed E-state index contributed by atoms with van der Waals surface area (Å²) in [4.78, 5) is 16.0. The van der Waals surface area contributed by atoms with Crippen molar-refractivity contribution in [2.45, 2.75) is 20.4 Å². The minimum absolute atomic E-state index is 0.201. The number of benzene rings is 1. The first-order valence-electron chi connectivity index (χ1n) is 6.13. The van der Waals surface area contributed by atoms with E-state index >= 15 is 0 Å². The van der Waals surface area contributed by atoms with Crippen LogP contribution in [-0.4, -0.2) is 10.9 Å². The van der Waals surface area contributed by atoms with Gasteiger partial charge in [0.05, 0.1) is 0 Å². The van der Waals surface area contributed by atoms with Crippen molar-refractivity contribution in [2.75, 3.05) is 0 Å². The maximum atomic E-state index is 13.5. The molecule has 0 atom stereocenters. The highest BCUT2D eigenvalue weighted by Crippen LogP contribution is 2.16. The molecular formula is C15H14BrFN2O. The molecule has 0 aliphatic rings. The van der Waals surface area contributed by atoms with Gasteiger partial charge in [-0.25, -0.2) is 9.37 Å². The summed E-state index contributed by atoms with van der Waals surface area (Å²) >= 11 is 3.28. The summed E-state index contributed by atoms with van der Waals surface area (Å²) in [7, 11) is 0. The summed E-state index contributed by atoms with van der Waals surface area (Å²) in [6.45, 7) is 3.76. The number of nitrogens with one attached hydrogen (secondary N) is 1. The van der Waals surface area contributed by atoms with E-state index in [1.165, 1.54) is 0 Å². The molecule has 104 valence electrons. The van der Waals surface area contributed by atoms with Crippen LogP contribution in [0.3, 0.4) is 0 Å². The van der Waals surface area contributed by atoms with E-state index in [1.54, 1.807) is 44.3 Å². The number of hydrogen-bond donors (Lipinski definition) is 1. The lowest BCUT2D eigenvalue weighted by Crippen LogP contribution is -2.24. The first-order chi connectivity index (χ1) is 9.49. The van der Waals surface area contributed by atoms with Gasteiger partial charge in [-0.2, -0.15) is 0 Å². The first kappa shape index (κ1) is 14.7. The SMILES string of the molecule is Cc1cc(CNC(=O)c2ncccc2Br)cc(C)c1F. The quantitative estimate of drug-likeness (QED) is 0.931. The summed E-state index contributed by atoms with van der Waals surface area (Å²) in [5.41, 5.74) is 2.35. The van der Waals surface area contributed by atoms with Crippen LogP contribution in [-0.2, 0) is 6.54 Å². The Morgan fingerprint density at radius 1 is 1.35 bits per heavy atom. The van der Waals surface area contributed by atoms with Gasteiger partial charge in [0.1, 0.15) is 11.5 Å². The molecule has 0 aliphatic carbocycles. The van der Waals surface area contributed by atoms with Crippen LogP contribution in [0, 0.1) is 19.7 Å². The zero-order chi connectivity index (χ0) is 14.7. The smallest absolute Gasteiger partial charge is 0.271 e. The second-order valence-electron chi connectivity index (χ2n) is 4.56. The molecule has 2 rings (SSSR count). The maximum Gasteiger partial charge on any atom is 0.271 e. The van der Waals surface area contributed by atoms with Crippen LogP contribution in [0.25, 0.3) is 0 Å². The van der Waals surface area contributed by atoms with E-state index < -0.39 is 0 Å². The third-order valence-corrected chi connectivity index (χ3v) is 3.56. The van der Waals surface area contributed by atoms with Crippen molar-refractivity contribution in [3.05, 3.63) is 63.1 Å². The van der Waals surface area contributed by atoms with E-state index in [9.17, 15) is 9.18 Å². The predicted molar refractivity (Wildman–Crippen MR) is 79.0 cm³/mol.